The van der Waals surface area contributed by atoms with E-state index in [1.807, 2.05) is 12.1 Å². The maximum atomic E-state index is 6.11. The van der Waals surface area contributed by atoms with Crippen molar-refractivity contribution >= 4 is 22.6 Å². The highest BCUT2D eigenvalue weighted by Crippen LogP contribution is 2.46. The van der Waals surface area contributed by atoms with Crippen molar-refractivity contribution < 1.29 is 4.74 Å². The van der Waals surface area contributed by atoms with Crippen LogP contribution in [0.1, 0.15) is 32.5 Å². The number of aromatic nitrogens is 2. The summed E-state index contributed by atoms with van der Waals surface area (Å²) in [5.41, 5.74) is 2.09. The van der Waals surface area contributed by atoms with Gasteiger partial charge in [-0.05, 0) is 44.7 Å². The average molecular weight is 279 g/mol. The minimum atomic E-state index is 0.0609. The summed E-state index contributed by atoms with van der Waals surface area (Å²) >= 11 is 6.11. The second-order valence-electron chi connectivity index (χ2n) is 5.75. The van der Waals surface area contributed by atoms with E-state index in [1.165, 1.54) is 12.8 Å². The fraction of sp³-hybridized carbons (Fsp3) is 0.533. The third kappa shape index (κ3) is 1.91. The topological polar surface area (TPSA) is 27.1 Å². The maximum absolute atomic E-state index is 6.11. The SMILES string of the molecule is COc1cccc2c1nc(CCl)n2C(C)(C)C1CC1. The predicted molar refractivity (Wildman–Crippen MR) is 77.9 cm³/mol. The van der Waals surface area contributed by atoms with Gasteiger partial charge in [0.1, 0.15) is 17.1 Å². The molecule has 0 unspecified atom stereocenters. The minimum absolute atomic E-state index is 0.0609. The Bertz CT molecular complexity index is 614. The van der Waals surface area contributed by atoms with Crippen LogP contribution in [-0.2, 0) is 11.4 Å². The Morgan fingerprint density at radius 3 is 2.74 bits per heavy atom. The number of para-hydroxylation sites is 1. The molecule has 0 bridgehead atoms. The maximum Gasteiger partial charge on any atom is 0.146 e. The molecule has 1 aromatic carbocycles. The third-order valence-electron chi connectivity index (χ3n) is 4.21. The molecule has 0 saturated heterocycles. The summed E-state index contributed by atoms with van der Waals surface area (Å²) in [5, 5.41) is 0. The van der Waals surface area contributed by atoms with E-state index in [0.717, 1.165) is 28.5 Å². The molecule has 1 saturated carbocycles. The predicted octanol–water partition coefficient (Wildman–Crippen LogP) is 3.93. The summed E-state index contributed by atoms with van der Waals surface area (Å²) in [5.74, 6) is 2.89. The third-order valence-corrected chi connectivity index (χ3v) is 4.45. The second-order valence-corrected chi connectivity index (χ2v) is 6.02. The van der Waals surface area contributed by atoms with Crippen molar-refractivity contribution in [3.8, 4) is 5.75 Å². The standard InChI is InChI=1S/C15H19ClN2O/c1-15(2,10-7-8-10)18-11-5-4-6-12(19-3)14(11)17-13(18)9-16/h4-6,10H,7-9H2,1-3H3. The lowest BCUT2D eigenvalue weighted by molar-refractivity contribution is 0.306. The van der Waals surface area contributed by atoms with Crippen molar-refractivity contribution in [2.75, 3.05) is 7.11 Å². The zero-order chi connectivity index (χ0) is 13.6. The number of hydrogen-bond donors (Lipinski definition) is 0. The molecule has 1 aliphatic carbocycles. The van der Waals surface area contributed by atoms with Gasteiger partial charge in [0.05, 0.1) is 18.5 Å². The van der Waals surface area contributed by atoms with Gasteiger partial charge in [0.2, 0.25) is 0 Å². The highest BCUT2D eigenvalue weighted by molar-refractivity contribution is 6.16. The molecule has 4 heteroatoms. The van der Waals surface area contributed by atoms with Gasteiger partial charge in [0.25, 0.3) is 0 Å². The van der Waals surface area contributed by atoms with Gasteiger partial charge >= 0.3 is 0 Å². The van der Waals surface area contributed by atoms with E-state index in [-0.39, 0.29) is 5.54 Å². The van der Waals surface area contributed by atoms with Crippen LogP contribution in [0.3, 0.4) is 0 Å². The van der Waals surface area contributed by atoms with Gasteiger partial charge in [-0.25, -0.2) is 4.98 Å². The van der Waals surface area contributed by atoms with Crippen molar-refractivity contribution in [2.45, 2.75) is 38.1 Å². The number of hydrogen-bond acceptors (Lipinski definition) is 2. The van der Waals surface area contributed by atoms with Crippen LogP contribution in [-0.4, -0.2) is 16.7 Å². The van der Waals surface area contributed by atoms with Gasteiger partial charge in [-0.3, -0.25) is 0 Å². The molecule has 0 amide bonds. The van der Waals surface area contributed by atoms with Crippen LogP contribution in [0.15, 0.2) is 18.2 Å². The summed E-state index contributed by atoms with van der Waals surface area (Å²) in [6.07, 6.45) is 2.58. The van der Waals surface area contributed by atoms with Crippen LogP contribution in [0.4, 0.5) is 0 Å². The Hall–Kier alpha value is -1.22. The van der Waals surface area contributed by atoms with E-state index in [1.54, 1.807) is 7.11 Å². The zero-order valence-electron chi connectivity index (χ0n) is 11.6. The summed E-state index contributed by atoms with van der Waals surface area (Å²) < 4.78 is 7.71. The van der Waals surface area contributed by atoms with Gasteiger partial charge < -0.3 is 9.30 Å². The molecular weight excluding hydrogens is 260 g/mol. The lowest BCUT2D eigenvalue weighted by Crippen LogP contribution is -2.30. The number of nitrogens with zero attached hydrogens (tertiary/aromatic N) is 2. The molecule has 3 nitrogen and oxygen atoms in total. The first-order valence-electron chi connectivity index (χ1n) is 6.70. The fourth-order valence-electron chi connectivity index (χ4n) is 2.99. The summed E-state index contributed by atoms with van der Waals surface area (Å²) in [6.45, 7) is 4.56. The first-order chi connectivity index (χ1) is 9.09. The number of benzene rings is 1. The van der Waals surface area contributed by atoms with Crippen molar-refractivity contribution in [3.63, 3.8) is 0 Å². The number of rotatable bonds is 4. The average Bonchev–Trinajstić information content (AvgIpc) is 3.18. The molecule has 3 rings (SSSR count). The molecule has 1 fully saturated rings. The number of methoxy groups -OCH3 is 1. The Morgan fingerprint density at radius 1 is 1.42 bits per heavy atom. The molecule has 0 spiro atoms. The summed E-state index contributed by atoms with van der Waals surface area (Å²) in [7, 11) is 1.68. The van der Waals surface area contributed by atoms with E-state index in [9.17, 15) is 0 Å². The van der Waals surface area contributed by atoms with Crippen LogP contribution < -0.4 is 4.74 Å². The lowest BCUT2D eigenvalue weighted by atomic mass is 9.97. The first-order valence-corrected chi connectivity index (χ1v) is 7.23. The van der Waals surface area contributed by atoms with E-state index in [2.05, 4.69) is 29.5 Å². The molecule has 1 aromatic heterocycles. The number of halogens is 1. The van der Waals surface area contributed by atoms with Gasteiger partial charge in [-0.15, -0.1) is 11.6 Å². The quantitative estimate of drug-likeness (QED) is 0.793. The molecule has 2 aromatic rings. The van der Waals surface area contributed by atoms with Crippen LogP contribution >= 0.6 is 11.6 Å². The van der Waals surface area contributed by atoms with Crippen molar-refractivity contribution in [1.29, 1.82) is 0 Å². The first kappa shape index (κ1) is 12.8. The van der Waals surface area contributed by atoms with E-state index in [4.69, 9.17) is 16.3 Å². The monoisotopic (exact) mass is 278 g/mol. The van der Waals surface area contributed by atoms with Crippen LogP contribution in [0.25, 0.3) is 11.0 Å². The smallest absolute Gasteiger partial charge is 0.146 e. The Labute approximate surface area is 118 Å². The molecule has 0 aliphatic heterocycles. The van der Waals surface area contributed by atoms with E-state index >= 15 is 0 Å². The van der Waals surface area contributed by atoms with Crippen LogP contribution in [0.5, 0.6) is 5.75 Å². The largest absolute Gasteiger partial charge is 0.494 e. The Morgan fingerprint density at radius 2 is 2.16 bits per heavy atom. The van der Waals surface area contributed by atoms with Gasteiger partial charge in [0.15, 0.2) is 0 Å². The molecule has 0 radical (unpaired) electrons. The normalized spacial score (nSPS) is 16.0. The summed E-state index contributed by atoms with van der Waals surface area (Å²) in [6, 6.07) is 6.06. The molecule has 19 heavy (non-hydrogen) atoms. The van der Waals surface area contributed by atoms with Crippen molar-refractivity contribution in [2.24, 2.45) is 5.92 Å². The molecule has 0 atom stereocenters. The number of ether oxygens (including phenoxy) is 1. The minimum Gasteiger partial charge on any atom is -0.494 e. The fourth-order valence-corrected chi connectivity index (χ4v) is 3.17. The molecule has 1 aliphatic rings. The zero-order valence-corrected chi connectivity index (χ0v) is 12.4. The van der Waals surface area contributed by atoms with E-state index in [0.29, 0.717) is 5.88 Å². The summed E-state index contributed by atoms with van der Waals surface area (Å²) in [4.78, 5) is 4.68. The molecule has 1 heterocycles. The Balaban J connectivity index is 2.27. The number of fused-ring (bicyclic) bond motifs is 1. The van der Waals surface area contributed by atoms with Crippen molar-refractivity contribution in [3.05, 3.63) is 24.0 Å². The lowest BCUT2D eigenvalue weighted by Gasteiger charge is -2.29. The van der Waals surface area contributed by atoms with Gasteiger partial charge in [0, 0.05) is 5.54 Å². The second kappa shape index (κ2) is 4.41. The van der Waals surface area contributed by atoms with Gasteiger partial charge in [-0.2, -0.15) is 0 Å². The molecule has 0 N–H and O–H groups in total. The van der Waals surface area contributed by atoms with E-state index < -0.39 is 0 Å². The highest BCUT2D eigenvalue weighted by atomic mass is 35.5. The highest BCUT2D eigenvalue weighted by Gasteiger charge is 2.41. The number of alkyl halides is 1. The van der Waals surface area contributed by atoms with Crippen molar-refractivity contribution in [1.82, 2.24) is 9.55 Å². The van der Waals surface area contributed by atoms with Crippen LogP contribution in [0, 0.1) is 5.92 Å². The number of imidazole rings is 1. The Kier molecular flexibility index (Phi) is 2.97. The molecular formula is C15H19ClN2O. The van der Waals surface area contributed by atoms with Gasteiger partial charge in [-0.1, -0.05) is 6.07 Å². The van der Waals surface area contributed by atoms with Crippen LogP contribution in [0.2, 0.25) is 0 Å². The molecule has 102 valence electrons.